The van der Waals surface area contributed by atoms with E-state index in [9.17, 15) is 0 Å². The Labute approximate surface area is 264 Å². The van der Waals surface area contributed by atoms with Crippen molar-refractivity contribution in [1.82, 2.24) is 15.0 Å². The highest BCUT2D eigenvalue weighted by Gasteiger charge is 2.14. The molecule has 0 amide bonds. The first-order valence-corrected chi connectivity index (χ1v) is 15.8. The van der Waals surface area contributed by atoms with Crippen LogP contribution in [0.15, 0.2) is 152 Å². The number of fused-ring (bicyclic) bond motifs is 5. The summed E-state index contributed by atoms with van der Waals surface area (Å²) < 4.78 is 2.54. The number of benzene rings is 7. The van der Waals surface area contributed by atoms with E-state index >= 15 is 0 Å². The van der Waals surface area contributed by atoms with E-state index < -0.39 is 0 Å². The number of aromatic nitrogens is 3. The minimum absolute atomic E-state index is 0.659. The van der Waals surface area contributed by atoms with Gasteiger partial charge in [0.2, 0.25) is 0 Å². The van der Waals surface area contributed by atoms with Crippen LogP contribution in [0.5, 0.6) is 0 Å². The Balaban J connectivity index is 1.19. The molecule has 3 nitrogen and oxygen atoms in total. The smallest absolute Gasteiger partial charge is 0.164 e. The second-order valence-electron chi connectivity index (χ2n) is 11.3. The van der Waals surface area contributed by atoms with Crippen LogP contribution in [0.3, 0.4) is 0 Å². The highest BCUT2D eigenvalue weighted by Crippen LogP contribution is 2.36. The van der Waals surface area contributed by atoms with Crippen LogP contribution < -0.4 is 0 Å². The van der Waals surface area contributed by atoms with E-state index in [4.69, 9.17) is 15.0 Å². The van der Waals surface area contributed by atoms with Gasteiger partial charge in [0.25, 0.3) is 0 Å². The zero-order chi connectivity index (χ0) is 29.7. The summed E-state index contributed by atoms with van der Waals surface area (Å²) in [4.78, 5) is 15.1. The van der Waals surface area contributed by atoms with E-state index in [-0.39, 0.29) is 0 Å². The Kier molecular flexibility index (Phi) is 6.00. The van der Waals surface area contributed by atoms with Crippen molar-refractivity contribution in [2.75, 3.05) is 0 Å². The van der Waals surface area contributed by atoms with Crippen molar-refractivity contribution in [3.05, 3.63) is 152 Å². The lowest BCUT2D eigenvalue weighted by Gasteiger charge is -2.10. The van der Waals surface area contributed by atoms with Crippen LogP contribution in [-0.4, -0.2) is 15.0 Å². The number of nitrogens with zero attached hydrogens (tertiary/aromatic N) is 3. The molecule has 2 aromatic heterocycles. The Hall–Kier alpha value is -5.71. The van der Waals surface area contributed by atoms with Gasteiger partial charge in [0.15, 0.2) is 17.5 Å². The van der Waals surface area contributed by atoms with Gasteiger partial charge in [-0.1, -0.05) is 109 Å². The summed E-state index contributed by atoms with van der Waals surface area (Å²) in [5.41, 5.74) is 5.28. The summed E-state index contributed by atoms with van der Waals surface area (Å²) in [7, 11) is 0. The molecule has 0 bridgehead atoms. The first-order valence-electron chi connectivity index (χ1n) is 15.0. The zero-order valence-corrected chi connectivity index (χ0v) is 25.0. The first-order chi connectivity index (χ1) is 22.2. The SMILES string of the molecule is c1ccc(-c2nc(-c3ccc4ccc(-c5ccc6ccccc6c5)cc4c3)nc(-c3ccc4sc5ccccc5c4c3)n2)cc1. The van der Waals surface area contributed by atoms with E-state index in [2.05, 4.69) is 133 Å². The number of hydrogen-bond acceptors (Lipinski definition) is 4. The predicted molar refractivity (Wildman–Crippen MR) is 189 cm³/mol. The maximum absolute atomic E-state index is 5.07. The van der Waals surface area contributed by atoms with Gasteiger partial charge in [-0.25, -0.2) is 15.0 Å². The molecule has 0 aliphatic carbocycles. The van der Waals surface area contributed by atoms with Crippen LogP contribution in [0.25, 0.3) is 87.0 Å². The molecule has 210 valence electrons. The van der Waals surface area contributed by atoms with Crippen LogP contribution in [0.4, 0.5) is 0 Å². The molecular formula is C41H25N3S. The molecule has 2 heterocycles. The molecule has 0 fully saturated rings. The molecule has 0 atom stereocenters. The highest BCUT2D eigenvalue weighted by molar-refractivity contribution is 7.25. The lowest BCUT2D eigenvalue weighted by molar-refractivity contribution is 1.08. The fourth-order valence-electron chi connectivity index (χ4n) is 6.15. The lowest BCUT2D eigenvalue weighted by atomic mass is 9.98. The molecule has 0 unspecified atom stereocenters. The predicted octanol–water partition coefficient (Wildman–Crippen LogP) is 11.2. The third-order valence-corrected chi connectivity index (χ3v) is 9.64. The minimum atomic E-state index is 0.659. The van der Waals surface area contributed by atoms with Crippen molar-refractivity contribution < 1.29 is 0 Å². The summed E-state index contributed by atoms with van der Waals surface area (Å²) in [6.45, 7) is 0. The van der Waals surface area contributed by atoms with Crippen molar-refractivity contribution >= 4 is 53.1 Å². The molecule has 0 radical (unpaired) electrons. The third kappa shape index (κ3) is 4.64. The molecule has 0 aliphatic heterocycles. The van der Waals surface area contributed by atoms with Gasteiger partial charge in [-0.05, 0) is 75.1 Å². The number of hydrogen-bond donors (Lipinski definition) is 0. The monoisotopic (exact) mass is 591 g/mol. The van der Waals surface area contributed by atoms with Crippen molar-refractivity contribution in [1.29, 1.82) is 0 Å². The first kappa shape index (κ1) is 25.8. The van der Waals surface area contributed by atoms with Gasteiger partial charge in [0, 0.05) is 36.9 Å². The van der Waals surface area contributed by atoms with Gasteiger partial charge in [0.05, 0.1) is 0 Å². The Morgan fingerprint density at radius 1 is 0.311 bits per heavy atom. The fraction of sp³-hybridized carbons (Fsp3) is 0. The van der Waals surface area contributed by atoms with Gasteiger partial charge in [-0.3, -0.25) is 0 Å². The fourth-order valence-corrected chi connectivity index (χ4v) is 7.24. The van der Waals surface area contributed by atoms with E-state index in [0.29, 0.717) is 17.5 Å². The quantitative estimate of drug-likeness (QED) is 0.204. The number of rotatable bonds is 4. The molecule has 9 aromatic rings. The van der Waals surface area contributed by atoms with Gasteiger partial charge >= 0.3 is 0 Å². The van der Waals surface area contributed by atoms with Crippen LogP contribution in [-0.2, 0) is 0 Å². The topological polar surface area (TPSA) is 38.7 Å². The maximum atomic E-state index is 5.07. The van der Waals surface area contributed by atoms with E-state index in [1.165, 1.54) is 47.5 Å². The average molecular weight is 592 g/mol. The minimum Gasteiger partial charge on any atom is -0.208 e. The van der Waals surface area contributed by atoms with E-state index in [1.54, 1.807) is 0 Å². The second-order valence-corrected chi connectivity index (χ2v) is 12.4. The molecular weight excluding hydrogens is 567 g/mol. The van der Waals surface area contributed by atoms with Crippen molar-refractivity contribution in [3.8, 4) is 45.3 Å². The van der Waals surface area contributed by atoms with Gasteiger partial charge in [0.1, 0.15) is 0 Å². The molecule has 7 aromatic carbocycles. The van der Waals surface area contributed by atoms with Gasteiger partial charge < -0.3 is 0 Å². The standard InChI is InChI=1S/C41H25N3S/c1-2-9-28(10-3-1)39-42-40(44-41(43-39)33-20-21-38-36(25-33)35-12-6-7-13-37(35)45-38)32-19-16-27-15-18-31(23-34(27)24-32)30-17-14-26-8-4-5-11-29(26)22-30/h1-25H. The summed E-state index contributed by atoms with van der Waals surface area (Å²) in [6.07, 6.45) is 0. The molecule has 0 saturated carbocycles. The average Bonchev–Trinajstić information content (AvgIpc) is 3.49. The molecule has 0 spiro atoms. The lowest BCUT2D eigenvalue weighted by Crippen LogP contribution is -2.00. The third-order valence-electron chi connectivity index (χ3n) is 8.48. The molecule has 0 N–H and O–H groups in total. The second kappa shape index (κ2) is 10.5. The van der Waals surface area contributed by atoms with Crippen LogP contribution in [0.2, 0.25) is 0 Å². The zero-order valence-electron chi connectivity index (χ0n) is 24.2. The summed E-state index contributed by atoms with van der Waals surface area (Å²) in [5.74, 6) is 1.99. The van der Waals surface area contributed by atoms with Crippen LogP contribution in [0, 0.1) is 0 Å². The molecule has 9 rings (SSSR count). The highest BCUT2D eigenvalue weighted by atomic mass is 32.1. The van der Waals surface area contributed by atoms with Crippen LogP contribution in [0.1, 0.15) is 0 Å². The van der Waals surface area contributed by atoms with Crippen molar-refractivity contribution in [2.24, 2.45) is 0 Å². The van der Waals surface area contributed by atoms with E-state index in [1.807, 2.05) is 29.5 Å². The Bertz CT molecular complexity index is 2550. The van der Waals surface area contributed by atoms with Crippen molar-refractivity contribution in [2.45, 2.75) is 0 Å². The summed E-state index contributed by atoms with van der Waals surface area (Å²) >= 11 is 1.81. The molecule has 0 aliphatic rings. The van der Waals surface area contributed by atoms with Gasteiger partial charge in [-0.15, -0.1) is 11.3 Å². The number of thiophene rings is 1. The summed E-state index contributed by atoms with van der Waals surface area (Å²) in [5, 5.41) is 7.29. The Morgan fingerprint density at radius 2 is 0.822 bits per heavy atom. The molecule has 4 heteroatoms. The van der Waals surface area contributed by atoms with E-state index in [0.717, 1.165) is 22.1 Å². The largest absolute Gasteiger partial charge is 0.208 e. The van der Waals surface area contributed by atoms with Gasteiger partial charge in [-0.2, -0.15) is 0 Å². The maximum Gasteiger partial charge on any atom is 0.164 e. The molecule has 0 saturated heterocycles. The summed E-state index contributed by atoms with van der Waals surface area (Å²) in [6, 6.07) is 53.5. The normalized spacial score (nSPS) is 11.6. The molecule has 45 heavy (non-hydrogen) atoms. The van der Waals surface area contributed by atoms with Crippen molar-refractivity contribution in [3.63, 3.8) is 0 Å². The van der Waals surface area contributed by atoms with Crippen LogP contribution >= 0.6 is 11.3 Å². The Morgan fingerprint density at radius 3 is 1.60 bits per heavy atom.